The van der Waals surface area contributed by atoms with E-state index in [1.165, 1.54) is 44.4 Å². The molecule has 174 valence electrons. The summed E-state index contributed by atoms with van der Waals surface area (Å²) in [5, 5.41) is 21.0. The zero-order valence-electron chi connectivity index (χ0n) is 18.8. The van der Waals surface area contributed by atoms with Crippen LogP contribution in [0.5, 0.6) is 23.0 Å². The highest BCUT2D eigenvalue weighted by molar-refractivity contribution is 6.51. The number of ketones is 1. The molecule has 0 aliphatic carbocycles. The van der Waals surface area contributed by atoms with E-state index in [1.54, 1.807) is 48.5 Å². The van der Waals surface area contributed by atoms with E-state index in [4.69, 9.17) is 14.2 Å². The van der Waals surface area contributed by atoms with Crippen LogP contribution in [-0.2, 0) is 9.59 Å². The highest BCUT2D eigenvalue weighted by Gasteiger charge is 2.47. The molecule has 1 fully saturated rings. The standard InChI is InChI=1S/C26H23NO7/c1-32-19-7-5-4-6-18(19)27-23(15-8-11-17(28)12-9-15)22(25(30)26(27)31)24(29)16-10-13-20(33-2)21(14-16)34-3/h4-14,23,28-29H,1-3H3/b24-22-. The van der Waals surface area contributed by atoms with Gasteiger partial charge in [-0.3, -0.25) is 14.5 Å². The second kappa shape index (κ2) is 9.19. The van der Waals surface area contributed by atoms with E-state index in [-0.39, 0.29) is 22.6 Å². The van der Waals surface area contributed by atoms with Crippen molar-refractivity contribution in [1.82, 2.24) is 0 Å². The molecule has 0 bridgehead atoms. The summed E-state index contributed by atoms with van der Waals surface area (Å²) >= 11 is 0. The van der Waals surface area contributed by atoms with Gasteiger partial charge in [0, 0.05) is 5.56 Å². The molecule has 1 atom stereocenters. The topological polar surface area (TPSA) is 106 Å². The maximum atomic E-state index is 13.3. The van der Waals surface area contributed by atoms with Crippen LogP contribution in [0.2, 0.25) is 0 Å². The number of hydrogen-bond acceptors (Lipinski definition) is 7. The molecule has 0 spiro atoms. The molecule has 0 aromatic heterocycles. The molecule has 1 amide bonds. The Kier molecular flexibility index (Phi) is 6.14. The third-order valence-electron chi connectivity index (χ3n) is 5.65. The molecule has 1 unspecified atom stereocenters. The van der Waals surface area contributed by atoms with Crippen LogP contribution < -0.4 is 19.1 Å². The number of rotatable bonds is 6. The fourth-order valence-corrected chi connectivity index (χ4v) is 4.02. The van der Waals surface area contributed by atoms with Gasteiger partial charge in [0.1, 0.15) is 17.3 Å². The molecule has 1 aliphatic heterocycles. The molecule has 0 radical (unpaired) electrons. The van der Waals surface area contributed by atoms with Gasteiger partial charge in [-0.1, -0.05) is 24.3 Å². The molecule has 4 rings (SSSR count). The van der Waals surface area contributed by atoms with Crippen LogP contribution in [0.3, 0.4) is 0 Å². The first-order valence-corrected chi connectivity index (χ1v) is 10.4. The number of Topliss-reactive ketones (excluding diaryl/α,β-unsaturated/α-hetero) is 1. The molecule has 1 aliphatic rings. The molecule has 8 nitrogen and oxygen atoms in total. The fraction of sp³-hybridized carbons (Fsp3) is 0.154. The van der Waals surface area contributed by atoms with Crippen LogP contribution in [0.25, 0.3) is 5.76 Å². The smallest absolute Gasteiger partial charge is 0.300 e. The predicted octanol–water partition coefficient (Wildman–Crippen LogP) is 4.04. The van der Waals surface area contributed by atoms with E-state index >= 15 is 0 Å². The summed E-state index contributed by atoms with van der Waals surface area (Å²) in [5.74, 6) is -0.817. The lowest BCUT2D eigenvalue weighted by Crippen LogP contribution is -2.29. The number of carbonyl (C=O) groups excluding carboxylic acids is 2. The van der Waals surface area contributed by atoms with Crippen molar-refractivity contribution in [3.63, 3.8) is 0 Å². The Bertz CT molecular complexity index is 1280. The first-order chi connectivity index (χ1) is 16.4. The first-order valence-electron chi connectivity index (χ1n) is 10.4. The first kappa shape index (κ1) is 22.7. The van der Waals surface area contributed by atoms with Crippen molar-refractivity contribution in [2.24, 2.45) is 0 Å². The number of nitrogens with zero attached hydrogens (tertiary/aromatic N) is 1. The lowest BCUT2D eigenvalue weighted by molar-refractivity contribution is -0.132. The van der Waals surface area contributed by atoms with Gasteiger partial charge in [-0.05, 0) is 48.0 Å². The monoisotopic (exact) mass is 461 g/mol. The van der Waals surface area contributed by atoms with Gasteiger partial charge in [0.2, 0.25) is 0 Å². The minimum atomic E-state index is -0.968. The molecule has 1 saturated heterocycles. The summed E-state index contributed by atoms with van der Waals surface area (Å²) < 4.78 is 16.0. The number of amides is 1. The van der Waals surface area contributed by atoms with Crippen molar-refractivity contribution < 1.29 is 34.0 Å². The Labute approximate surface area is 196 Å². The van der Waals surface area contributed by atoms with E-state index in [9.17, 15) is 19.8 Å². The fourth-order valence-electron chi connectivity index (χ4n) is 4.02. The van der Waals surface area contributed by atoms with Gasteiger partial charge in [-0.15, -0.1) is 0 Å². The second-order valence-electron chi connectivity index (χ2n) is 7.50. The van der Waals surface area contributed by atoms with Crippen LogP contribution in [-0.4, -0.2) is 43.2 Å². The van der Waals surface area contributed by atoms with E-state index < -0.39 is 17.7 Å². The second-order valence-corrected chi connectivity index (χ2v) is 7.50. The van der Waals surface area contributed by atoms with E-state index in [2.05, 4.69) is 0 Å². The number of anilines is 1. The Morgan fingerprint density at radius 3 is 2.12 bits per heavy atom. The van der Waals surface area contributed by atoms with Gasteiger partial charge in [0.25, 0.3) is 11.7 Å². The minimum Gasteiger partial charge on any atom is -0.508 e. The maximum Gasteiger partial charge on any atom is 0.300 e. The molecule has 0 saturated carbocycles. The highest BCUT2D eigenvalue weighted by Crippen LogP contribution is 2.45. The number of benzene rings is 3. The number of carbonyl (C=O) groups is 2. The Hall–Kier alpha value is -4.46. The number of aromatic hydroxyl groups is 1. The summed E-state index contributed by atoms with van der Waals surface area (Å²) in [6.45, 7) is 0. The average molecular weight is 461 g/mol. The normalized spacial score (nSPS) is 17.0. The summed E-state index contributed by atoms with van der Waals surface area (Å²) in [6, 6.07) is 16.6. The van der Waals surface area contributed by atoms with Crippen molar-refractivity contribution in [3.8, 4) is 23.0 Å². The molecule has 3 aromatic rings. The SMILES string of the molecule is COc1ccc(/C(O)=C2/C(=O)C(=O)N(c3ccccc3OC)C2c2ccc(O)cc2)cc1OC. The van der Waals surface area contributed by atoms with Gasteiger partial charge in [-0.25, -0.2) is 0 Å². The zero-order chi connectivity index (χ0) is 24.4. The van der Waals surface area contributed by atoms with Gasteiger partial charge in [-0.2, -0.15) is 0 Å². The number of aliphatic hydroxyl groups is 1. The molecule has 3 aromatic carbocycles. The van der Waals surface area contributed by atoms with E-state index in [1.807, 2.05) is 0 Å². The van der Waals surface area contributed by atoms with Crippen LogP contribution >= 0.6 is 0 Å². The van der Waals surface area contributed by atoms with Gasteiger partial charge >= 0.3 is 0 Å². The number of phenolic OH excluding ortho intramolecular Hbond substituents is 1. The summed E-state index contributed by atoms with van der Waals surface area (Å²) in [6.07, 6.45) is 0. The summed E-state index contributed by atoms with van der Waals surface area (Å²) in [5.41, 5.74) is 1.06. The quantitative estimate of drug-likeness (QED) is 0.324. The number of aliphatic hydroxyl groups excluding tert-OH is 1. The minimum absolute atomic E-state index is 0.0258. The van der Waals surface area contributed by atoms with Crippen molar-refractivity contribution in [2.45, 2.75) is 6.04 Å². The van der Waals surface area contributed by atoms with Crippen molar-refractivity contribution in [1.29, 1.82) is 0 Å². The van der Waals surface area contributed by atoms with Gasteiger partial charge in [0.05, 0.1) is 38.6 Å². The lowest BCUT2D eigenvalue weighted by Gasteiger charge is -2.26. The third-order valence-corrected chi connectivity index (χ3v) is 5.65. The van der Waals surface area contributed by atoms with Crippen LogP contribution in [0.1, 0.15) is 17.2 Å². The lowest BCUT2D eigenvalue weighted by atomic mass is 9.95. The Morgan fingerprint density at radius 2 is 1.47 bits per heavy atom. The molecule has 2 N–H and O–H groups in total. The largest absolute Gasteiger partial charge is 0.508 e. The van der Waals surface area contributed by atoms with Crippen molar-refractivity contribution in [2.75, 3.05) is 26.2 Å². The van der Waals surface area contributed by atoms with E-state index in [0.29, 0.717) is 28.5 Å². The van der Waals surface area contributed by atoms with Crippen molar-refractivity contribution >= 4 is 23.1 Å². The average Bonchev–Trinajstić information content (AvgIpc) is 3.13. The predicted molar refractivity (Wildman–Crippen MR) is 125 cm³/mol. The number of methoxy groups -OCH3 is 3. The molecule has 34 heavy (non-hydrogen) atoms. The van der Waals surface area contributed by atoms with E-state index in [0.717, 1.165) is 0 Å². The highest BCUT2D eigenvalue weighted by atomic mass is 16.5. The number of hydrogen-bond donors (Lipinski definition) is 2. The Morgan fingerprint density at radius 1 is 0.824 bits per heavy atom. The van der Waals surface area contributed by atoms with Gasteiger partial charge < -0.3 is 24.4 Å². The van der Waals surface area contributed by atoms with Crippen LogP contribution in [0, 0.1) is 0 Å². The summed E-state index contributed by atoms with van der Waals surface area (Å²) in [4.78, 5) is 27.8. The summed E-state index contributed by atoms with van der Waals surface area (Å²) in [7, 11) is 4.41. The van der Waals surface area contributed by atoms with Gasteiger partial charge in [0.15, 0.2) is 11.5 Å². The molecule has 1 heterocycles. The van der Waals surface area contributed by atoms with Crippen LogP contribution in [0.4, 0.5) is 5.69 Å². The Balaban J connectivity index is 1.96. The van der Waals surface area contributed by atoms with Crippen molar-refractivity contribution in [3.05, 3.63) is 83.4 Å². The molecular weight excluding hydrogens is 438 g/mol. The third kappa shape index (κ3) is 3.79. The molecular formula is C26H23NO7. The number of phenols is 1. The van der Waals surface area contributed by atoms with Crippen LogP contribution in [0.15, 0.2) is 72.3 Å². The molecule has 8 heteroatoms. The maximum absolute atomic E-state index is 13.3. The zero-order valence-corrected chi connectivity index (χ0v) is 18.8. The number of para-hydroxylation sites is 2. The number of ether oxygens (including phenoxy) is 3.